The number of hydrogen-bond acceptors (Lipinski definition) is 2. The van der Waals surface area contributed by atoms with Crippen LogP contribution < -0.4 is 10.6 Å². The minimum absolute atomic E-state index is 0. The molecule has 0 aliphatic heterocycles. The first-order valence-electron chi connectivity index (χ1n) is 9.40. The van der Waals surface area contributed by atoms with Crippen molar-refractivity contribution in [2.75, 3.05) is 27.7 Å². The third-order valence-electron chi connectivity index (χ3n) is 5.66. The molecule has 2 aliphatic rings. The summed E-state index contributed by atoms with van der Waals surface area (Å²) in [4.78, 5) is 18.6. The Bertz CT molecular complexity index is 688. The van der Waals surface area contributed by atoms with Crippen molar-refractivity contribution in [3.05, 3.63) is 35.6 Å². The van der Waals surface area contributed by atoms with Crippen LogP contribution in [-0.4, -0.2) is 50.5 Å². The minimum Gasteiger partial charge on any atom is -0.355 e. The molecule has 150 valence electrons. The summed E-state index contributed by atoms with van der Waals surface area (Å²) >= 11 is 0. The van der Waals surface area contributed by atoms with Crippen molar-refractivity contribution in [2.45, 2.75) is 44.1 Å². The Kier molecular flexibility index (Phi) is 7.47. The van der Waals surface area contributed by atoms with E-state index < -0.39 is 0 Å². The fraction of sp³-hybridized carbons (Fsp3) is 0.600. The molecule has 2 fully saturated rings. The number of hydrogen-bond donors (Lipinski definition) is 2. The zero-order valence-corrected chi connectivity index (χ0v) is 18.6. The monoisotopic (exact) mass is 488 g/mol. The van der Waals surface area contributed by atoms with Gasteiger partial charge in [0.15, 0.2) is 5.96 Å². The summed E-state index contributed by atoms with van der Waals surface area (Å²) in [6.45, 7) is 0.584. The molecule has 7 heteroatoms. The molecule has 0 heterocycles. The van der Waals surface area contributed by atoms with E-state index in [0.29, 0.717) is 12.5 Å². The van der Waals surface area contributed by atoms with E-state index in [4.69, 9.17) is 0 Å². The van der Waals surface area contributed by atoms with Gasteiger partial charge >= 0.3 is 0 Å². The van der Waals surface area contributed by atoms with Crippen LogP contribution in [0.15, 0.2) is 29.3 Å². The number of nitrogens with zero attached hydrogens (tertiary/aromatic N) is 2. The molecule has 0 spiro atoms. The van der Waals surface area contributed by atoms with Crippen molar-refractivity contribution in [3.63, 3.8) is 0 Å². The van der Waals surface area contributed by atoms with Gasteiger partial charge in [-0.05, 0) is 30.9 Å². The van der Waals surface area contributed by atoms with Crippen LogP contribution in [0.4, 0.5) is 4.39 Å². The third kappa shape index (κ3) is 4.92. The van der Waals surface area contributed by atoms with E-state index in [1.807, 2.05) is 26.2 Å². The van der Waals surface area contributed by atoms with Crippen molar-refractivity contribution in [1.29, 1.82) is 0 Å². The van der Waals surface area contributed by atoms with Crippen molar-refractivity contribution < 1.29 is 9.18 Å². The van der Waals surface area contributed by atoms with E-state index in [1.165, 1.54) is 6.07 Å². The number of guanidine groups is 1. The van der Waals surface area contributed by atoms with Crippen molar-refractivity contribution in [2.24, 2.45) is 10.4 Å². The molecule has 0 aromatic heterocycles. The van der Waals surface area contributed by atoms with Crippen LogP contribution in [0, 0.1) is 11.2 Å². The second kappa shape index (κ2) is 9.21. The van der Waals surface area contributed by atoms with Crippen LogP contribution in [0.25, 0.3) is 0 Å². The Hall–Kier alpha value is -1.38. The Labute approximate surface area is 178 Å². The molecular weight excluding hydrogens is 458 g/mol. The maximum atomic E-state index is 13.9. The summed E-state index contributed by atoms with van der Waals surface area (Å²) < 4.78 is 13.9. The zero-order valence-electron chi connectivity index (χ0n) is 16.3. The van der Waals surface area contributed by atoms with E-state index in [2.05, 4.69) is 15.6 Å². The molecule has 0 radical (unpaired) electrons. The molecule has 27 heavy (non-hydrogen) atoms. The van der Waals surface area contributed by atoms with Gasteiger partial charge in [0.2, 0.25) is 5.91 Å². The summed E-state index contributed by atoms with van der Waals surface area (Å²) in [6, 6.07) is 7.13. The molecule has 2 unspecified atom stereocenters. The number of aliphatic imine (C=N–C) groups is 1. The third-order valence-corrected chi connectivity index (χ3v) is 5.66. The van der Waals surface area contributed by atoms with Gasteiger partial charge in [-0.3, -0.25) is 9.79 Å². The van der Waals surface area contributed by atoms with Gasteiger partial charge in [-0.1, -0.05) is 31.0 Å². The molecule has 1 aromatic carbocycles. The maximum absolute atomic E-state index is 13.9. The molecule has 0 saturated heterocycles. The highest BCUT2D eigenvalue weighted by atomic mass is 127. The first kappa shape index (κ1) is 21.9. The lowest BCUT2D eigenvalue weighted by atomic mass is 9.84. The predicted octanol–water partition coefficient (Wildman–Crippen LogP) is 3.11. The number of amides is 1. The average Bonchev–Trinajstić information content (AvgIpc) is 3.22. The number of halogens is 2. The first-order chi connectivity index (χ1) is 12.5. The van der Waals surface area contributed by atoms with Crippen LogP contribution in [0.3, 0.4) is 0 Å². The lowest BCUT2D eigenvalue weighted by Crippen LogP contribution is -2.49. The fourth-order valence-corrected chi connectivity index (χ4v) is 4.09. The lowest BCUT2D eigenvalue weighted by molar-refractivity contribution is -0.138. The summed E-state index contributed by atoms with van der Waals surface area (Å²) in [6.07, 6.45) is 4.89. The maximum Gasteiger partial charge on any atom is 0.230 e. The van der Waals surface area contributed by atoms with Crippen molar-refractivity contribution in [3.8, 4) is 0 Å². The standard InChI is InChI=1S/C20H29FN4O.HI/c1-22-19(23-13-20(10-6-7-11-20)18(26)25(2)3)24-17-12-15(17)14-8-4-5-9-16(14)21;/h4-5,8-9,15,17H,6-7,10-13H2,1-3H3,(H2,22,23,24);1H. The lowest BCUT2D eigenvalue weighted by Gasteiger charge is -2.31. The van der Waals surface area contributed by atoms with E-state index >= 15 is 0 Å². The van der Waals surface area contributed by atoms with Crippen LogP contribution in [0.5, 0.6) is 0 Å². The smallest absolute Gasteiger partial charge is 0.230 e. The molecule has 2 N–H and O–H groups in total. The largest absolute Gasteiger partial charge is 0.355 e. The summed E-state index contributed by atoms with van der Waals surface area (Å²) in [7, 11) is 5.36. The SMILES string of the molecule is CN=C(NCC1(C(=O)N(C)C)CCCC1)NC1CC1c1ccccc1F.I. The van der Waals surface area contributed by atoms with E-state index in [0.717, 1.165) is 37.7 Å². The molecule has 0 bridgehead atoms. The molecule has 1 amide bonds. The van der Waals surface area contributed by atoms with Gasteiger partial charge in [0.05, 0.1) is 5.41 Å². The quantitative estimate of drug-likeness (QED) is 0.381. The van der Waals surface area contributed by atoms with Crippen molar-refractivity contribution in [1.82, 2.24) is 15.5 Å². The Balaban J connectivity index is 0.00000261. The highest BCUT2D eigenvalue weighted by Gasteiger charge is 2.43. The Morgan fingerprint density at radius 1 is 1.30 bits per heavy atom. The van der Waals surface area contributed by atoms with Crippen LogP contribution in [0.2, 0.25) is 0 Å². The molecule has 1 aromatic rings. The van der Waals surface area contributed by atoms with E-state index in [-0.39, 0.29) is 53.1 Å². The summed E-state index contributed by atoms with van der Waals surface area (Å²) in [5, 5.41) is 6.72. The average molecular weight is 488 g/mol. The normalized spacial score (nSPS) is 23.3. The van der Waals surface area contributed by atoms with Gasteiger partial charge in [-0.15, -0.1) is 24.0 Å². The number of nitrogens with one attached hydrogen (secondary N) is 2. The minimum atomic E-state index is -0.338. The van der Waals surface area contributed by atoms with Crippen LogP contribution >= 0.6 is 24.0 Å². The van der Waals surface area contributed by atoms with E-state index in [9.17, 15) is 9.18 Å². The second-order valence-electron chi connectivity index (χ2n) is 7.73. The highest BCUT2D eigenvalue weighted by Crippen LogP contribution is 2.42. The fourth-order valence-electron chi connectivity index (χ4n) is 4.09. The van der Waals surface area contributed by atoms with Gasteiger partial charge in [0.25, 0.3) is 0 Å². The topological polar surface area (TPSA) is 56.7 Å². The summed E-state index contributed by atoms with van der Waals surface area (Å²) in [5.41, 5.74) is 0.422. The number of carbonyl (C=O) groups excluding carboxylic acids is 1. The van der Waals surface area contributed by atoms with E-state index in [1.54, 1.807) is 18.0 Å². The van der Waals surface area contributed by atoms with Gasteiger partial charge in [-0.2, -0.15) is 0 Å². The Morgan fingerprint density at radius 3 is 2.56 bits per heavy atom. The molecule has 2 saturated carbocycles. The molecule has 5 nitrogen and oxygen atoms in total. The Morgan fingerprint density at radius 2 is 1.96 bits per heavy atom. The zero-order chi connectivity index (χ0) is 18.7. The van der Waals surface area contributed by atoms with Gasteiger partial charge in [0.1, 0.15) is 5.82 Å². The summed E-state index contributed by atoms with van der Waals surface area (Å²) in [5.74, 6) is 0.908. The van der Waals surface area contributed by atoms with Crippen LogP contribution in [-0.2, 0) is 4.79 Å². The molecule has 2 atom stereocenters. The highest BCUT2D eigenvalue weighted by molar-refractivity contribution is 14.0. The van der Waals surface area contributed by atoms with Gasteiger partial charge in [0, 0.05) is 39.6 Å². The van der Waals surface area contributed by atoms with Gasteiger partial charge < -0.3 is 15.5 Å². The van der Waals surface area contributed by atoms with Gasteiger partial charge in [-0.25, -0.2) is 4.39 Å². The molecule has 3 rings (SSSR count). The number of benzene rings is 1. The molecular formula is C20H30FIN4O. The first-order valence-corrected chi connectivity index (χ1v) is 9.40. The van der Waals surface area contributed by atoms with Crippen LogP contribution in [0.1, 0.15) is 43.6 Å². The second-order valence-corrected chi connectivity index (χ2v) is 7.73. The number of rotatable bonds is 5. The number of carbonyl (C=O) groups is 1. The predicted molar refractivity (Wildman–Crippen MR) is 117 cm³/mol. The molecule has 2 aliphatic carbocycles. The van der Waals surface area contributed by atoms with Crippen molar-refractivity contribution >= 4 is 35.8 Å².